The lowest BCUT2D eigenvalue weighted by molar-refractivity contribution is -0.0175. The van der Waals surface area contributed by atoms with Crippen LogP contribution in [-0.4, -0.2) is 46.3 Å². The van der Waals surface area contributed by atoms with Crippen LogP contribution < -0.4 is 0 Å². The summed E-state index contributed by atoms with van der Waals surface area (Å²) in [6, 6.07) is 7.75. The number of thiophene rings is 1. The van der Waals surface area contributed by atoms with Crippen LogP contribution in [0.4, 0.5) is 0 Å². The summed E-state index contributed by atoms with van der Waals surface area (Å²) in [5, 5.41) is 12.4. The molecule has 0 aliphatic carbocycles. The van der Waals surface area contributed by atoms with Crippen LogP contribution in [0.1, 0.15) is 47.8 Å². The number of hydrogen-bond acceptors (Lipinski definition) is 4. The molecule has 0 spiro atoms. The van der Waals surface area contributed by atoms with E-state index in [0.29, 0.717) is 31.9 Å². The van der Waals surface area contributed by atoms with E-state index in [9.17, 15) is 9.90 Å². The topological polar surface area (TPSA) is 54.7 Å². The molecule has 2 atom stereocenters. The largest absolute Gasteiger partial charge is 0.387 e. The van der Waals surface area contributed by atoms with E-state index >= 15 is 0 Å². The maximum atomic E-state index is 13.0. The van der Waals surface area contributed by atoms with Gasteiger partial charge >= 0.3 is 0 Å². The molecule has 2 aromatic rings. The van der Waals surface area contributed by atoms with Gasteiger partial charge in [-0.15, -0.1) is 11.3 Å². The molecule has 24 heavy (non-hydrogen) atoms. The quantitative estimate of drug-likeness (QED) is 0.903. The van der Waals surface area contributed by atoms with E-state index in [2.05, 4.69) is 13.8 Å². The molecule has 0 bridgehead atoms. The first kappa shape index (κ1) is 17.2. The third-order valence-corrected chi connectivity index (χ3v) is 5.38. The van der Waals surface area contributed by atoms with Gasteiger partial charge in [-0.2, -0.15) is 0 Å². The van der Waals surface area contributed by atoms with Crippen molar-refractivity contribution >= 4 is 17.2 Å². The number of rotatable bonds is 5. The first-order valence-corrected chi connectivity index (χ1v) is 9.23. The number of aromatic nitrogens is 1. The fourth-order valence-electron chi connectivity index (χ4n) is 3.14. The minimum Gasteiger partial charge on any atom is -0.387 e. The summed E-state index contributed by atoms with van der Waals surface area (Å²) in [4.78, 5) is 15.8. The van der Waals surface area contributed by atoms with Crippen LogP contribution in [0.15, 0.2) is 35.8 Å². The molecule has 1 saturated heterocycles. The average molecular weight is 348 g/mol. The molecule has 3 heterocycles. The second-order valence-electron chi connectivity index (χ2n) is 6.39. The molecular formula is C18H24N2O3S. The van der Waals surface area contributed by atoms with Gasteiger partial charge < -0.3 is 19.3 Å². The van der Waals surface area contributed by atoms with Gasteiger partial charge in [-0.05, 0) is 37.4 Å². The van der Waals surface area contributed by atoms with E-state index in [4.69, 9.17) is 4.74 Å². The number of aliphatic hydroxyl groups excluding tert-OH is 1. The van der Waals surface area contributed by atoms with Gasteiger partial charge in [0.25, 0.3) is 5.91 Å². The molecule has 0 saturated carbocycles. The maximum Gasteiger partial charge on any atom is 0.270 e. The van der Waals surface area contributed by atoms with Crippen LogP contribution >= 0.6 is 11.3 Å². The van der Waals surface area contributed by atoms with E-state index in [0.717, 1.165) is 4.88 Å². The number of morpholine rings is 1. The number of aliphatic hydroxyl groups is 1. The van der Waals surface area contributed by atoms with Gasteiger partial charge in [0.2, 0.25) is 0 Å². The van der Waals surface area contributed by atoms with E-state index in [1.165, 1.54) is 11.3 Å². The van der Waals surface area contributed by atoms with Crippen LogP contribution in [0.25, 0.3) is 0 Å². The smallest absolute Gasteiger partial charge is 0.270 e. The van der Waals surface area contributed by atoms with Crippen LogP contribution in [-0.2, 0) is 4.74 Å². The lowest BCUT2D eigenvalue weighted by Gasteiger charge is -2.37. The molecule has 1 N–H and O–H groups in total. The Labute approximate surface area is 146 Å². The number of nitrogens with zero attached hydrogens (tertiary/aromatic N) is 2. The van der Waals surface area contributed by atoms with Crippen molar-refractivity contribution < 1.29 is 14.6 Å². The Morgan fingerprint density at radius 1 is 1.42 bits per heavy atom. The highest BCUT2D eigenvalue weighted by molar-refractivity contribution is 7.10. The Bertz CT molecular complexity index is 666. The number of carbonyl (C=O) groups is 1. The summed E-state index contributed by atoms with van der Waals surface area (Å²) >= 11 is 1.53. The highest BCUT2D eigenvalue weighted by Gasteiger charge is 2.31. The zero-order valence-electron chi connectivity index (χ0n) is 14.1. The Kier molecular flexibility index (Phi) is 5.38. The first-order valence-electron chi connectivity index (χ1n) is 8.35. The average Bonchev–Trinajstić information content (AvgIpc) is 3.26. The molecule has 0 radical (unpaired) electrons. The van der Waals surface area contributed by atoms with Crippen molar-refractivity contribution in [2.75, 3.05) is 19.8 Å². The van der Waals surface area contributed by atoms with Crippen LogP contribution in [0.5, 0.6) is 0 Å². The van der Waals surface area contributed by atoms with Gasteiger partial charge in [-0.3, -0.25) is 4.79 Å². The minimum absolute atomic E-state index is 0.0142. The van der Waals surface area contributed by atoms with Crippen LogP contribution in [0, 0.1) is 0 Å². The van der Waals surface area contributed by atoms with Crippen molar-refractivity contribution in [3.8, 4) is 0 Å². The summed E-state index contributed by atoms with van der Waals surface area (Å²) in [6.45, 7) is 5.70. The van der Waals surface area contributed by atoms with Crippen molar-refractivity contribution in [1.29, 1.82) is 0 Å². The van der Waals surface area contributed by atoms with Gasteiger partial charge in [0.15, 0.2) is 0 Å². The van der Waals surface area contributed by atoms with Gasteiger partial charge in [0.05, 0.1) is 25.4 Å². The molecule has 1 aliphatic heterocycles. The molecule has 0 aromatic carbocycles. The molecule has 5 nitrogen and oxygen atoms in total. The summed E-state index contributed by atoms with van der Waals surface area (Å²) in [7, 11) is 0. The van der Waals surface area contributed by atoms with Crippen LogP contribution in [0.2, 0.25) is 0 Å². The van der Waals surface area contributed by atoms with E-state index in [1.807, 2.05) is 45.3 Å². The van der Waals surface area contributed by atoms with E-state index < -0.39 is 6.10 Å². The molecule has 1 amide bonds. The summed E-state index contributed by atoms with van der Waals surface area (Å²) in [6.07, 6.45) is 1.87. The molecular weight excluding hydrogens is 324 g/mol. The maximum absolute atomic E-state index is 13.0. The third-order valence-electron chi connectivity index (χ3n) is 4.41. The molecule has 6 heteroatoms. The monoisotopic (exact) mass is 348 g/mol. The zero-order chi connectivity index (χ0) is 17.1. The fourth-order valence-corrected chi connectivity index (χ4v) is 3.87. The van der Waals surface area contributed by atoms with Crippen LogP contribution in [0.3, 0.4) is 0 Å². The molecule has 2 aromatic heterocycles. The molecule has 1 aliphatic rings. The van der Waals surface area contributed by atoms with Crippen molar-refractivity contribution in [1.82, 2.24) is 9.47 Å². The first-order chi connectivity index (χ1) is 11.6. The number of carbonyl (C=O) groups excluding carboxylic acids is 1. The second kappa shape index (κ2) is 7.51. The summed E-state index contributed by atoms with van der Waals surface area (Å²) in [5.74, 6) is 0.0142. The SMILES string of the molecule is CC(C)n1cccc1C(=O)N1CCOCC1CC(O)c1cccs1. The highest BCUT2D eigenvalue weighted by Crippen LogP contribution is 2.27. The lowest BCUT2D eigenvalue weighted by atomic mass is 10.1. The second-order valence-corrected chi connectivity index (χ2v) is 7.37. The zero-order valence-corrected chi connectivity index (χ0v) is 14.9. The molecule has 1 fully saturated rings. The van der Waals surface area contributed by atoms with Gasteiger partial charge in [0.1, 0.15) is 5.69 Å². The fraction of sp³-hybridized carbons (Fsp3) is 0.500. The van der Waals surface area contributed by atoms with Gasteiger partial charge in [-0.1, -0.05) is 6.07 Å². The van der Waals surface area contributed by atoms with Crippen molar-refractivity contribution in [3.05, 3.63) is 46.4 Å². The Hall–Kier alpha value is -1.63. The standard InChI is InChI=1S/C18H24N2O3S/c1-13(2)19-7-3-5-15(19)18(22)20-8-9-23-12-14(20)11-16(21)17-6-4-10-24-17/h3-7,10,13-14,16,21H,8-9,11-12H2,1-2H3. The Morgan fingerprint density at radius 2 is 2.25 bits per heavy atom. The van der Waals surface area contributed by atoms with E-state index in [1.54, 1.807) is 0 Å². The Balaban J connectivity index is 1.76. The minimum atomic E-state index is -0.566. The molecule has 130 valence electrons. The lowest BCUT2D eigenvalue weighted by Crippen LogP contribution is -2.49. The third kappa shape index (κ3) is 3.55. The number of amides is 1. The van der Waals surface area contributed by atoms with Crippen molar-refractivity contribution in [2.24, 2.45) is 0 Å². The highest BCUT2D eigenvalue weighted by atomic mass is 32.1. The summed E-state index contributed by atoms with van der Waals surface area (Å²) < 4.78 is 7.56. The number of hydrogen-bond donors (Lipinski definition) is 1. The van der Waals surface area contributed by atoms with Crippen molar-refractivity contribution in [3.63, 3.8) is 0 Å². The van der Waals surface area contributed by atoms with Crippen molar-refractivity contribution in [2.45, 2.75) is 38.5 Å². The summed E-state index contributed by atoms with van der Waals surface area (Å²) in [5.41, 5.74) is 0.697. The van der Waals surface area contributed by atoms with Gasteiger partial charge in [-0.25, -0.2) is 0 Å². The molecule has 2 unspecified atom stereocenters. The molecule has 3 rings (SSSR count). The number of ether oxygens (including phenoxy) is 1. The van der Waals surface area contributed by atoms with E-state index in [-0.39, 0.29) is 18.0 Å². The predicted molar refractivity (Wildman–Crippen MR) is 94.4 cm³/mol. The Morgan fingerprint density at radius 3 is 2.96 bits per heavy atom. The van der Waals surface area contributed by atoms with Gasteiger partial charge in [0, 0.05) is 30.1 Å². The predicted octanol–water partition coefficient (Wildman–Crippen LogP) is 3.10. The normalized spacial score (nSPS) is 19.7.